The van der Waals surface area contributed by atoms with Crippen molar-refractivity contribution in [2.24, 2.45) is 0 Å². The topological polar surface area (TPSA) is 104 Å². The predicted octanol–water partition coefficient (Wildman–Crippen LogP) is 2.92. The second-order valence-electron chi connectivity index (χ2n) is 7.80. The van der Waals surface area contributed by atoms with Crippen LogP contribution in [-0.4, -0.2) is 26.3 Å². The molecule has 0 saturated heterocycles. The van der Waals surface area contributed by atoms with Crippen molar-refractivity contribution in [3.63, 3.8) is 0 Å². The Balaban J connectivity index is 1.39. The third-order valence-corrected chi connectivity index (χ3v) is 8.07. The summed E-state index contributed by atoms with van der Waals surface area (Å²) in [6.45, 7) is 0. The summed E-state index contributed by atoms with van der Waals surface area (Å²) in [5.41, 5.74) is 6.23. The summed E-state index contributed by atoms with van der Waals surface area (Å²) in [6, 6.07) is 7.68. The van der Waals surface area contributed by atoms with Crippen molar-refractivity contribution >= 4 is 33.2 Å². The van der Waals surface area contributed by atoms with Gasteiger partial charge >= 0.3 is 0 Å². The van der Waals surface area contributed by atoms with Crippen molar-refractivity contribution in [3.05, 3.63) is 51.2 Å². The number of hydrogen-bond acceptors (Lipinski definition) is 5. The normalized spacial score (nSPS) is 16.8. The molecule has 0 unspecified atom stereocenters. The molecule has 1 saturated carbocycles. The average molecular weight is 448 g/mol. The smallest absolute Gasteiger partial charge is 0.267 e. The highest BCUT2D eigenvalue weighted by atomic mass is 32.2. The van der Waals surface area contributed by atoms with Crippen molar-refractivity contribution in [1.82, 2.24) is 15.6 Å². The van der Waals surface area contributed by atoms with Crippen LogP contribution in [0.2, 0.25) is 0 Å². The van der Waals surface area contributed by atoms with Crippen LogP contribution in [0.3, 0.4) is 0 Å². The van der Waals surface area contributed by atoms with Gasteiger partial charge in [-0.05, 0) is 68.4 Å². The molecule has 4 rings (SSSR count). The zero-order chi connectivity index (χ0) is 21.1. The van der Waals surface area contributed by atoms with Crippen LogP contribution >= 0.6 is 11.3 Å². The van der Waals surface area contributed by atoms with E-state index in [1.807, 2.05) is 6.07 Å². The molecule has 1 fully saturated rings. The van der Waals surface area contributed by atoms with Gasteiger partial charge in [0.1, 0.15) is 0 Å². The lowest BCUT2D eigenvalue weighted by Crippen LogP contribution is -2.41. The molecule has 1 aromatic carbocycles. The molecule has 7 nitrogen and oxygen atoms in total. The monoisotopic (exact) mass is 447 g/mol. The number of hydrazine groups is 1. The molecule has 0 atom stereocenters. The molecule has 160 valence electrons. The summed E-state index contributed by atoms with van der Waals surface area (Å²) in [4.78, 5) is 26.8. The van der Waals surface area contributed by atoms with Gasteiger partial charge in [-0.2, -0.15) is 0 Å². The van der Waals surface area contributed by atoms with E-state index >= 15 is 0 Å². The first kappa shape index (κ1) is 21.0. The highest BCUT2D eigenvalue weighted by Gasteiger charge is 2.28. The SMILES string of the molecule is O=C(NNC(=O)c1cc2c(s1)CCCCCC2)c1cccc(S(=O)(=O)NC2CC2)c1. The number of carbonyl (C=O) groups is 2. The lowest BCUT2D eigenvalue weighted by molar-refractivity contribution is 0.0848. The Kier molecular flexibility index (Phi) is 6.21. The number of carbonyl (C=O) groups excluding carboxylic acids is 2. The van der Waals surface area contributed by atoms with E-state index in [1.165, 1.54) is 58.9 Å². The summed E-state index contributed by atoms with van der Waals surface area (Å²) >= 11 is 1.48. The van der Waals surface area contributed by atoms with Crippen LogP contribution in [0.25, 0.3) is 0 Å². The minimum Gasteiger partial charge on any atom is -0.267 e. The molecular weight excluding hydrogens is 422 g/mol. The zero-order valence-electron chi connectivity index (χ0n) is 16.6. The van der Waals surface area contributed by atoms with Crippen LogP contribution in [0, 0.1) is 0 Å². The van der Waals surface area contributed by atoms with Crippen LogP contribution in [0.15, 0.2) is 35.2 Å². The van der Waals surface area contributed by atoms with E-state index in [2.05, 4.69) is 15.6 Å². The van der Waals surface area contributed by atoms with E-state index in [0.717, 1.165) is 38.5 Å². The van der Waals surface area contributed by atoms with Crippen LogP contribution in [-0.2, 0) is 22.9 Å². The van der Waals surface area contributed by atoms with Gasteiger partial charge in [-0.15, -0.1) is 11.3 Å². The molecule has 2 amide bonds. The van der Waals surface area contributed by atoms with Crippen molar-refractivity contribution in [1.29, 1.82) is 0 Å². The Bertz CT molecular complexity index is 1030. The number of hydrogen-bond donors (Lipinski definition) is 3. The molecule has 30 heavy (non-hydrogen) atoms. The van der Waals surface area contributed by atoms with Crippen molar-refractivity contribution in [3.8, 4) is 0 Å². The first-order valence-corrected chi connectivity index (χ1v) is 12.6. The molecule has 0 spiro atoms. The number of nitrogens with one attached hydrogen (secondary N) is 3. The number of benzene rings is 1. The van der Waals surface area contributed by atoms with Gasteiger partial charge in [0.2, 0.25) is 10.0 Å². The minimum absolute atomic E-state index is 0.0167. The number of thiophene rings is 1. The number of rotatable bonds is 5. The van der Waals surface area contributed by atoms with Gasteiger partial charge in [-0.25, -0.2) is 13.1 Å². The van der Waals surface area contributed by atoms with Gasteiger partial charge in [-0.3, -0.25) is 20.4 Å². The first-order chi connectivity index (χ1) is 14.4. The molecule has 1 aromatic heterocycles. The largest absolute Gasteiger partial charge is 0.279 e. The van der Waals surface area contributed by atoms with Crippen LogP contribution < -0.4 is 15.6 Å². The van der Waals surface area contributed by atoms with E-state index in [-0.39, 0.29) is 22.4 Å². The Labute approximate surface area is 180 Å². The number of amides is 2. The van der Waals surface area contributed by atoms with Crippen molar-refractivity contribution in [2.75, 3.05) is 0 Å². The van der Waals surface area contributed by atoms with E-state index < -0.39 is 15.9 Å². The van der Waals surface area contributed by atoms with E-state index in [9.17, 15) is 18.0 Å². The number of aryl methyl sites for hydroxylation is 2. The summed E-state index contributed by atoms with van der Waals surface area (Å²) in [6.07, 6.45) is 8.36. The molecule has 0 aliphatic heterocycles. The van der Waals surface area contributed by atoms with Gasteiger partial charge < -0.3 is 0 Å². The summed E-state index contributed by atoms with van der Waals surface area (Å²) < 4.78 is 27.3. The molecule has 3 N–H and O–H groups in total. The highest BCUT2D eigenvalue weighted by molar-refractivity contribution is 7.89. The van der Waals surface area contributed by atoms with Crippen LogP contribution in [0.5, 0.6) is 0 Å². The maximum atomic E-state index is 12.5. The highest BCUT2D eigenvalue weighted by Crippen LogP contribution is 2.28. The number of sulfonamides is 1. The van der Waals surface area contributed by atoms with Crippen LogP contribution in [0.4, 0.5) is 0 Å². The van der Waals surface area contributed by atoms with Gasteiger partial charge in [0.15, 0.2) is 0 Å². The fraction of sp³-hybridized carbons (Fsp3) is 0.429. The molecule has 0 radical (unpaired) electrons. The Morgan fingerprint density at radius 1 is 0.933 bits per heavy atom. The summed E-state index contributed by atoms with van der Waals surface area (Å²) in [7, 11) is -3.65. The van der Waals surface area contributed by atoms with Gasteiger partial charge in [0.25, 0.3) is 11.8 Å². The summed E-state index contributed by atoms with van der Waals surface area (Å²) in [5.74, 6) is -0.930. The third-order valence-electron chi connectivity index (χ3n) is 5.32. The third kappa shape index (κ3) is 5.08. The Hall–Kier alpha value is -2.23. The lowest BCUT2D eigenvalue weighted by atomic mass is 10.00. The van der Waals surface area contributed by atoms with Crippen LogP contribution in [0.1, 0.15) is 69.0 Å². The minimum atomic E-state index is -3.65. The van der Waals surface area contributed by atoms with Gasteiger partial charge in [-0.1, -0.05) is 18.9 Å². The Morgan fingerprint density at radius 2 is 1.67 bits per heavy atom. The molecular formula is C21H25N3O4S2. The predicted molar refractivity (Wildman–Crippen MR) is 115 cm³/mol. The second kappa shape index (κ2) is 8.87. The second-order valence-corrected chi connectivity index (χ2v) is 10.7. The fourth-order valence-electron chi connectivity index (χ4n) is 3.50. The van der Waals surface area contributed by atoms with E-state index in [4.69, 9.17) is 0 Å². The molecule has 2 aliphatic rings. The number of fused-ring (bicyclic) bond motifs is 1. The van der Waals surface area contributed by atoms with Gasteiger partial charge in [0, 0.05) is 16.5 Å². The maximum absolute atomic E-state index is 12.5. The standard InChI is InChI=1S/C21H25N3O4S2/c25-20(15-7-5-8-17(12-15)30(27,28)24-16-10-11-16)22-23-21(26)19-13-14-6-3-1-2-4-9-18(14)29-19/h5,7-8,12-13,16,24H,1-4,6,9-11H2,(H,22,25)(H,23,26). The molecule has 2 aromatic rings. The summed E-state index contributed by atoms with van der Waals surface area (Å²) in [5, 5.41) is 0. The first-order valence-electron chi connectivity index (χ1n) is 10.3. The van der Waals surface area contributed by atoms with E-state index in [1.54, 1.807) is 0 Å². The fourth-order valence-corrected chi connectivity index (χ4v) is 6.00. The average Bonchev–Trinajstić information content (AvgIpc) is 3.43. The Morgan fingerprint density at radius 3 is 2.43 bits per heavy atom. The van der Waals surface area contributed by atoms with E-state index in [0.29, 0.717) is 4.88 Å². The van der Waals surface area contributed by atoms with Crippen molar-refractivity contribution in [2.45, 2.75) is 62.3 Å². The quantitative estimate of drug-likeness (QED) is 0.613. The van der Waals surface area contributed by atoms with Gasteiger partial charge in [0.05, 0.1) is 9.77 Å². The maximum Gasteiger partial charge on any atom is 0.279 e. The van der Waals surface area contributed by atoms with Crippen molar-refractivity contribution < 1.29 is 18.0 Å². The molecule has 2 aliphatic carbocycles. The zero-order valence-corrected chi connectivity index (χ0v) is 18.2. The lowest BCUT2D eigenvalue weighted by Gasteiger charge is -2.09. The molecule has 9 heteroatoms. The molecule has 0 bridgehead atoms. The molecule has 1 heterocycles.